The van der Waals surface area contributed by atoms with Gasteiger partial charge in [0.2, 0.25) is 5.91 Å². The Morgan fingerprint density at radius 3 is 1.51 bits per heavy atom. The molecule has 53 heavy (non-hydrogen) atoms. The summed E-state index contributed by atoms with van der Waals surface area (Å²) in [7, 11) is 0. The maximum atomic E-state index is 12.4. The highest BCUT2D eigenvalue weighted by atomic mass is 16.5. The Balaban J connectivity index is 3.45. The highest BCUT2D eigenvalue weighted by molar-refractivity contribution is 5.76. The molecule has 2 unspecified atom stereocenters. The van der Waals surface area contributed by atoms with Crippen LogP contribution in [0.2, 0.25) is 0 Å². The van der Waals surface area contributed by atoms with Gasteiger partial charge in [0.15, 0.2) is 0 Å². The van der Waals surface area contributed by atoms with Gasteiger partial charge in [0.05, 0.1) is 25.4 Å². The molecule has 312 valence electrons. The quantitative estimate of drug-likeness (QED) is 0.0328. The minimum atomic E-state index is -0.671. The maximum Gasteiger partial charge on any atom is 0.305 e. The van der Waals surface area contributed by atoms with E-state index in [9.17, 15) is 19.8 Å². The molecule has 0 aliphatic heterocycles. The lowest BCUT2D eigenvalue weighted by atomic mass is 10.0. The first kappa shape index (κ1) is 51.3. The summed E-state index contributed by atoms with van der Waals surface area (Å²) in [6, 6.07) is -0.549. The number of aliphatic hydroxyl groups excluding tert-OH is 2. The molecule has 6 heteroatoms. The Hall–Kier alpha value is -1.66. The van der Waals surface area contributed by atoms with Gasteiger partial charge >= 0.3 is 5.97 Å². The van der Waals surface area contributed by atoms with Crippen LogP contribution >= 0.6 is 0 Å². The summed E-state index contributed by atoms with van der Waals surface area (Å²) >= 11 is 0. The SMILES string of the molecule is CCC/C=C\C/C=C\CCCCCCCC(=O)OCCCCCCCCCCCCCCCC(=O)NC(CO)C(O)CCCCCCCCCCCC. The smallest absolute Gasteiger partial charge is 0.305 e. The first-order chi connectivity index (χ1) is 26.0. The molecule has 0 bridgehead atoms. The zero-order chi connectivity index (χ0) is 38.7. The number of aliphatic hydroxyl groups is 2. The van der Waals surface area contributed by atoms with Crippen LogP contribution in [-0.2, 0) is 14.3 Å². The van der Waals surface area contributed by atoms with Crippen molar-refractivity contribution in [3.63, 3.8) is 0 Å². The van der Waals surface area contributed by atoms with Gasteiger partial charge in [-0.15, -0.1) is 0 Å². The molecule has 0 saturated carbocycles. The molecule has 0 fully saturated rings. The van der Waals surface area contributed by atoms with Crippen LogP contribution < -0.4 is 5.32 Å². The second kappa shape index (κ2) is 43.1. The molecule has 0 aromatic heterocycles. The first-order valence-corrected chi connectivity index (χ1v) is 23.1. The van der Waals surface area contributed by atoms with Gasteiger partial charge in [0, 0.05) is 12.8 Å². The molecule has 0 aliphatic rings. The van der Waals surface area contributed by atoms with Gasteiger partial charge in [-0.1, -0.05) is 199 Å². The van der Waals surface area contributed by atoms with Crippen molar-refractivity contribution in [3.8, 4) is 0 Å². The average Bonchev–Trinajstić information content (AvgIpc) is 3.16. The van der Waals surface area contributed by atoms with Crippen LogP contribution in [0.25, 0.3) is 0 Å². The van der Waals surface area contributed by atoms with E-state index in [4.69, 9.17) is 4.74 Å². The van der Waals surface area contributed by atoms with Crippen molar-refractivity contribution < 1.29 is 24.5 Å². The van der Waals surface area contributed by atoms with Crippen molar-refractivity contribution in [1.29, 1.82) is 0 Å². The van der Waals surface area contributed by atoms with E-state index in [0.29, 0.717) is 25.9 Å². The fraction of sp³-hybridized carbons (Fsp3) is 0.872. The Labute approximate surface area is 329 Å². The van der Waals surface area contributed by atoms with E-state index in [1.165, 1.54) is 141 Å². The van der Waals surface area contributed by atoms with Gasteiger partial charge in [-0.3, -0.25) is 9.59 Å². The van der Waals surface area contributed by atoms with Crippen molar-refractivity contribution in [3.05, 3.63) is 24.3 Å². The number of carbonyl (C=O) groups is 2. The van der Waals surface area contributed by atoms with E-state index < -0.39 is 12.1 Å². The fourth-order valence-electron chi connectivity index (χ4n) is 6.91. The Morgan fingerprint density at radius 1 is 0.528 bits per heavy atom. The van der Waals surface area contributed by atoms with Gasteiger partial charge in [-0.05, 0) is 51.4 Å². The number of unbranched alkanes of at least 4 members (excludes halogenated alkanes) is 27. The Bertz CT molecular complexity index is 828. The number of ether oxygens (including phenoxy) is 1. The third-order valence-electron chi connectivity index (χ3n) is 10.5. The van der Waals surface area contributed by atoms with E-state index in [1.54, 1.807) is 0 Å². The summed E-state index contributed by atoms with van der Waals surface area (Å²) in [6.07, 6.45) is 48.5. The topological polar surface area (TPSA) is 95.9 Å². The normalized spacial score (nSPS) is 12.9. The van der Waals surface area contributed by atoms with Crippen LogP contribution in [0.1, 0.15) is 239 Å². The Kier molecular flexibility index (Phi) is 41.7. The van der Waals surface area contributed by atoms with Gasteiger partial charge in [-0.25, -0.2) is 0 Å². The number of allylic oxidation sites excluding steroid dienone is 4. The second-order valence-electron chi connectivity index (χ2n) is 15.7. The molecule has 6 nitrogen and oxygen atoms in total. The summed E-state index contributed by atoms with van der Waals surface area (Å²) < 4.78 is 5.44. The molecular formula is C47H89NO5. The minimum absolute atomic E-state index is 0.0216. The zero-order valence-electron chi connectivity index (χ0n) is 35.2. The average molecular weight is 748 g/mol. The van der Waals surface area contributed by atoms with Gasteiger partial charge in [0.25, 0.3) is 0 Å². The van der Waals surface area contributed by atoms with E-state index in [2.05, 4.69) is 43.5 Å². The Morgan fingerprint density at radius 2 is 0.981 bits per heavy atom. The number of rotatable bonds is 42. The van der Waals surface area contributed by atoms with Crippen LogP contribution in [0, 0.1) is 0 Å². The molecule has 0 aromatic carbocycles. The van der Waals surface area contributed by atoms with Crippen LogP contribution in [-0.4, -0.2) is 47.4 Å². The maximum absolute atomic E-state index is 12.4. The van der Waals surface area contributed by atoms with Crippen molar-refractivity contribution in [2.75, 3.05) is 13.2 Å². The highest BCUT2D eigenvalue weighted by Crippen LogP contribution is 2.15. The molecule has 0 heterocycles. The number of amides is 1. The molecule has 0 spiro atoms. The van der Waals surface area contributed by atoms with Crippen LogP contribution in [0.5, 0.6) is 0 Å². The van der Waals surface area contributed by atoms with Gasteiger partial charge in [-0.2, -0.15) is 0 Å². The fourth-order valence-corrected chi connectivity index (χ4v) is 6.91. The lowest BCUT2D eigenvalue weighted by Crippen LogP contribution is -2.45. The van der Waals surface area contributed by atoms with E-state index in [0.717, 1.165) is 64.2 Å². The largest absolute Gasteiger partial charge is 0.466 e. The number of nitrogens with one attached hydrogen (secondary N) is 1. The molecule has 0 radical (unpaired) electrons. The second-order valence-corrected chi connectivity index (χ2v) is 15.7. The van der Waals surface area contributed by atoms with Gasteiger partial charge in [0.1, 0.15) is 0 Å². The van der Waals surface area contributed by atoms with Crippen molar-refractivity contribution in [2.45, 2.75) is 251 Å². The standard InChI is InChI=1S/C47H89NO5/c1-3-5-7-9-11-13-15-17-21-25-29-33-37-41-47(52)53-42-38-34-30-26-22-19-16-18-20-24-28-32-36-40-46(51)48-44(43-49)45(50)39-35-31-27-23-14-12-10-8-6-4-2/h7,9,13,15,44-45,49-50H,3-6,8,10-12,14,16-43H2,1-2H3,(H,48,51)/b9-7-,15-13-. The predicted molar refractivity (Wildman–Crippen MR) is 227 cm³/mol. The summed E-state index contributed by atoms with van der Waals surface area (Å²) in [5, 5.41) is 23.1. The molecule has 1 amide bonds. The van der Waals surface area contributed by atoms with Crippen molar-refractivity contribution in [2.24, 2.45) is 0 Å². The summed E-state index contributed by atoms with van der Waals surface area (Å²) in [4.78, 5) is 24.4. The monoisotopic (exact) mass is 748 g/mol. The molecule has 3 N–H and O–H groups in total. The summed E-state index contributed by atoms with van der Waals surface area (Å²) in [5.41, 5.74) is 0. The van der Waals surface area contributed by atoms with Gasteiger partial charge < -0.3 is 20.3 Å². The van der Waals surface area contributed by atoms with Crippen LogP contribution in [0.15, 0.2) is 24.3 Å². The number of hydrogen-bond donors (Lipinski definition) is 3. The predicted octanol–water partition coefficient (Wildman–Crippen LogP) is 13.2. The molecule has 2 atom stereocenters. The lowest BCUT2D eigenvalue weighted by Gasteiger charge is -2.22. The highest BCUT2D eigenvalue weighted by Gasteiger charge is 2.20. The molecule has 0 aromatic rings. The van der Waals surface area contributed by atoms with E-state index >= 15 is 0 Å². The number of carbonyl (C=O) groups excluding carboxylic acids is 2. The lowest BCUT2D eigenvalue weighted by molar-refractivity contribution is -0.143. The van der Waals surface area contributed by atoms with E-state index in [-0.39, 0.29) is 18.5 Å². The van der Waals surface area contributed by atoms with E-state index in [1.807, 2.05) is 0 Å². The summed E-state index contributed by atoms with van der Waals surface area (Å²) in [5.74, 6) is -0.0728. The van der Waals surface area contributed by atoms with Crippen LogP contribution in [0.4, 0.5) is 0 Å². The molecule has 0 rings (SSSR count). The molecule has 0 aliphatic carbocycles. The summed E-state index contributed by atoms with van der Waals surface area (Å²) in [6.45, 7) is 4.83. The number of esters is 1. The third-order valence-corrected chi connectivity index (χ3v) is 10.5. The minimum Gasteiger partial charge on any atom is -0.466 e. The van der Waals surface area contributed by atoms with Crippen molar-refractivity contribution in [1.82, 2.24) is 5.32 Å². The molecular weight excluding hydrogens is 659 g/mol. The third kappa shape index (κ3) is 39.8. The van der Waals surface area contributed by atoms with Crippen LogP contribution in [0.3, 0.4) is 0 Å². The zero-order valence-corrected chi connectivity index (χ0v) is 35.2. The van der Waals surface area contributed by atoms with Crippen molar-refractivity contribution >= 4 is 11.9 Å². The number of hydrogen-bond acceptors (Lipinski definition) is 5. The molecule has 0 saturated heterocycles. The first-order valence-electron chi connectivity index (χ1n) is 23.1.